The van der Waals surface area contributed by atoms with Crippen LogP contribution in [0.25, 0.3) is 0 Å². The molecule has 18 heavy (non-hydrogen) atoms. The molecule has 0 fully saturated rings. The second-order valence-electron chi connectivity index (χ2n) is 4.20. The zero-order chi connectivity index (χ0) is 13.1. The van der Waals surface area contributed by atoms with E-state index in [9.17, 15) is 4.79 Å². The van der Waals surface area contributed by atoms with Gasteiger partial charge in [-0.25, -0.2) is 0 Å². The maximum Gasteiger partial charge on any atom is 0.253 e. The fourth-order valence-corrected chi connectivity index (χ4v) is 2.14. The highest BCUT2D eigenvalue weighted by molar-refractivity contribution is 6.31. The second-order valence-corrected chi connectivity index (χ2v) is 4.63. The summed E-state index contributed by atoms with van der Waals surface area (Å²) in [5.41, 5.74) is 0.717. The molecule has 0 saturated carbocycles. The number of ether oxygens (including phenoxy) is 2. The molecule has 0 aliphatic carbocycles. The number of carbonyl (C=O) groups is 1. The third kappa shape index (κ3) is 2.60. The summed E-state index contributed by atoms with van der Waals surface area (Å²) in [5, 5.41) is 0.586. The molecule has 1 heterocycles. The lowest BCUT2D eigenvalue weighted by Crippen LogP contribution is -2.44. The minimum Gasteiger partial charge on any atom is -0.486 e. The third-order valence-corrected chi connectivity index (χ3v) is 3.15. The maximum atomic E-state index is 12.0. The van der Waals surface area contributed by atoms with E-state index in [1.54, 1.807) is 23.1 Å². The first-order valence-electron chi connectivity index (χ1n) is 5.91. The highest BCUT2D eigenvalue weighted by Crippen LogP contribution is 2.36. The van der Waals surface area contributed by atoms with Gasteiger partial charge in [0.2, 0.25) is 0 Å². The van der Waals surface area contributed by atoms with E-state index in [4.69, 9.17) is 21.1 Å². The maximum absolute atomic E-state index is 12.0. The first-order chi connectivity index (χ1) is 8.65. The smallest absolute Gasteiger partial charge is 0.253 e. The van der Waals surface area contributed by atoms with Gasteiger partial charge < -0.3 is 14.4 Å². The van der Waals surface area contributed by atoms with Crippen molar-refractivity contribution in [3.05, 3.63) is 23.2 Å². The summed E-state index contributed by atoms with van der Waals surface area (Å²) >= 11 is 5.97. The molecular weight excluding hydrogens is 254 g/mol. The largest absolute Gasteiger partial charge is 0.486 e. The van der Waals surface area contributed by atoms with Crippen LogP contribution in [0, 0.1) is 0 Å². The Balaban J connectivity index is 2.34. The van der Waals surface area contributed by atoms with E-state index in [2.05, 4.69) is 0 Å². The monoisotopic (exact) mass is 269 g/mol. The molecule has 1 aromatic carbocycles. The Bertz CT molecular complexity index is 450. The summed E-state index contributed by atoms with van der Waals surface area (Å²) in [5.74, 6) is 0.615. The average Bonchev–Trinajstić information content (AvgIpc) is 2.37. The number of nitrogens with zero attached hydrogens (tertiary/aromatic N) is 1. The lowest BCUT2D eigenvalue weighted by molar-refractivity contribution is -0.122. The number of rotatable bonds is 3. The predicted octanol–water partition coefficient (Wildman–Crippen LogP) is 2.49. The normalized spacial score (nSPS) is 18.2. The van der Waals surface area contributed by atoms with Gasteiger partial charge in [-0.1, -0.05) is 18.5 Å². The molecule has 0 radical (unpaired) electrons. The van der Waals surface area contributed by atoms with Crippen molar-refractivity contribution in [2.45, 2.75) is 19.4 Å². The van der Waals surface area contributed by atoms with Crippen molar-refractivity contribution in [1.29, 1.82) is 0 Å². The first kappa shape index (κ1) is 13.2. The molecule has 1 atom stereocenters. The summed E-state index contributed by atoms with van der Waals surface area (Å²) in [6, 6.07) is 5.31. The van der Waals surface area contributed by atoms with Crippen LogP contribution in [0.3, 0.4) is 0 Å². The molecule has 2 rings (SSSR count). The van der Waals surface area contributed by atoms with Gasteiger partial charge >= 0.3 is 0 Å². The predicted molar refractivity (Wildman–Crippen MR) is 70.4 cm³/mol. The van der Waals surface area contributed by atoms with Crippen LogP contribution in [-0.4, -0.2) is 32.3 Å². The molecule has 1 aliphatic heterocycles. The molecule has 0 spiro atoms. The van der Waals surface area contributed by atoms with Gasteiger partial charge in [-0.05, 0) is 24.6 Å². The number of halogens is 1. The molecule has 1 aromatic rings. The van der Waals surface area contributed by atoms with Gasteiger partial charge in [-0.2, -0.15) is 0 Å². The number of amides is 1. The van der Waals surface area contributed by atoms with Gasteiger partial charge in [-0.3, -0.25) is 4.79 Å². The van der Waals surface area contributed by atoms with Gasteiger partial charge in [0.1, 0.15) is 18.5 Å². The molecule has 0 bridgehead atoms. The lowest BCUT2D eigenvalue weighted by atomic mass is 10.1. The highest BCUT2D eigenvalue weighted by atomic mass is 35.5. The Labute approximate surface area is 111 Å². The Hall–Kier alpha value is -1.26. The van der Waals surface area contributed by atoms with Crippen LogP contribution >= 0.6 is 11.6 Å². The Morgan fingerprint density at radius 1 is 1.61 bits per heavy atom. The fraction of sp³-hybridized carbons (Fsp3) is 0.462. The van der Waals surface area contributed by atoms with Crippen LogP contribution in [-0.2, 0) is 9.53 Å². The van der Waals surface area contributed by atoms with Gasteiger partial charge in [-0.15, -0.1) is 0 Å². The molecule has 98 valence electrons. The summed E-state index contributed by atoms with van der Waals surface area (Å²) in [7, 11) is 1.51. The summed E-state index contributed by atoms with van der Waals surface area (Å²) in [6.45, 7) is 2.62. The molecule has 0 saturated heterocycles. The minimum atomic E-state index is -0.0808. The molecule has 0 N–H and O–H groups in total. The van der Waals surface area contributed by atoms with E-state index >= 15 is 0 Å². The minimum absolute atomic E-state index is 0.0134. The number of anilines is 1. The standard InChI is InChI=1S/C13H16ClNO3/c1-3-10-7-15(13(16)8-17-2)11-6-9(14)4-5-12(11)18-10/h4-6,10H,3,7-8H2,1-2H3. The van der Waals surface area contributed by atoms with Crippen molar-refractivity contribution in [2.24, 2.45) is 0 Å². The van der Waals surface area contributed by atoms with Crippen LogP contribution in [0.15, 0.2) is 18.2 Å². The summed E-state index contributed by atoms with van der Waals surface area (Å²) in [4.78, 5) is 13.7. The van der Waals surface area contributed by atoms with E-state index in [1.165, 1.54) is 7.11 Å². The summed E-state index contributed by atoms with van der Waals surface area (Å²) in [6.07, 6.45) is 0.859. The molecule has 0 aromatic heterocycles. The SMILES string of the molecule is CCC1CN(C(=O)COC)c2cc(Cl)ccc2O1. The lowest BCUT2D eigenvalue weighted by Gasteiger charge is -2.34. The number of carbonyl (C=O) groups excluding carboxylic acids is 1. The van der Waals surface area contributed by atoms with Crippen LogP contribution < -0.4 is 9.64 Å². The third-order valence-electron chi connectivity index (χ3n) is 2.92. The second kappa shape index (κ2) is 5.59. The number of methoxy groups -OCH3 is 1. The number of fused-ring (bicyclic) bond motifs is 1. The number of benzene rings is 1. The molecule has 1 amide bonds. The molecule has 5 heteroatoms. The van der Waals surface area contributed by atoms with Crippen LogP contribution in [0.4, 0.5) is 5.69 Å². The number of hydrogen-bond acceptors (Lipinski definition) is 3. The van der Waals surface area contributed by atoms with Crippen molar-refractivity contribution in [3.63, 3.8) is 0 Å². The zero-order valence-electron chi connectivity index (χ0n) is 10.5. The Morgan fingerprint density at radius 2 is 2.39 bits per heavy atom. The highest BCUT2D eigenvalue weighted by Gasteiger charge is 2.28. The molecule has 1 unspecified atom stereocenters. The molecule has 1 aliphatic rings. The summed E-state index contributed by atoms with van der Waals surface area (Å²) < 4.78 is 10.7. The van der Waals surface area contributed by atoms with Crippen LogP contribution in [0.5, 0.6) is 5.75 Å². The fourth-order valence-electron chi connectivity index (χ4n) is 1.97. The zero-order valence-corrected chi connectivity index (χ0v) is 11.2. The van der Waals surface area contributed by atoms with Gasteiger partial charge in [0.25, 0.3) is 5.91 Å². The average molecular weight is 270 g/mol. The van der Waals surface area contributed by atoms with Crippen LogP contribution in [0.1, 0.15) is 13.3 Å². The van der Waals surface area contributed by atoms with Crippen molar-refractivity contribution < 1.29 is 14.3 Å². The van der Waals surface area contributed by atoms with Gasteiger partial charge in [0.05, 0.1) is 12.2 Å². The van der Waals surface area contributed by atoms with E-state index in [1.807, 2.05) is 6.92 Å². The van der Waals surface area contributed by atoms with E-state index in [0.29, 0.717) is 23.0 Å². The first-order valence-corrected chi connectivity index (χ1v) is 6.29. The Morgan fingerprint density at radius 3 is 3.06 bits per heavy atom. The van der Waals surface area contributed by atoms with Crippen molar-refractivity contribution in [3.8, 4) is 5.75 Å². The van der Waals surface area contributed by atoms with Gasteiger partial charge in [0.15, 0.2) is 0 Å². The quantitative estimate of drug-likeness (QED) is 0.846. The van der Waals surface area contributed by atoms with E-state index < -0.39 is 0 Å². The number of hydrogen-bond donors (Lipinski definition) is 0. The Kier molecular flexibility index (Phi) is 4.09. The van der Waals surface area contributed by atoms with E-state index in [0.717, 1.165) is 6.42 Å². The van der Waals surface area contributed by atoms with Crippen LogP contribution in [0.2, 0.25) is 5.02 Å². The molecule has 4 nitrogen and oxygen atoms in total. The molecular formula is C13H16ClNO3. The van der Waals surface area contributed by atoms with Crippen molar-refractivity contribution >= 4 is 23.2 Å². The van der Waals surface area contributed by atoms with E-state index in [-0.39, 0.29) is 18.6 Å². The van der Waals surface area contributed by atoms with Gasteiger partial charge in [0, 0.05) is 12.1 Å². The van der Waals surface area contributed by atoms with Crippen molar-refractivity contribution in [1.82, 2.24) is 0 Å². The van der Waals surface area contributed by atoms with Crippen molar-refractivity contribution in [2.75, 3.05) is 25.2 Å². The topological polar surface area (TPSA) is 38.8 Å².